The molecule has 0 amide bonds. The predicted molar refractivity (Wildman–Crippen MR) is 65.4 cm³/mol. The van der Waals surface area contributed by atoms with Gasteiger partial charge in [0.2, 0.25) is 0 Å². The van der Waals surface area contributed by atoms with E-state index in [-0.39, 0.29) is 0 Å². The molecule has 2 rings (SSSR count). The second-order valence-electron chi connectivity index (χ2n) is 3.80. The van der Waals surface area contributed by atoms with E-state index in [4.69, 9.17) is 0 Å². The molecule has 15 heavy (non-hydrogen) atoms. The van der Waals surface area contributed by atoms with Crippen LogP contribution in [0.5, 0.6) is 0 Å². The standard InChI is InChI=1S/C12H14N2S/c1-8(2)9-4-5-13-11-6-12(15-3)14-7-10(9)11/h4-8H,1-3H3. The van der Waals surface area contributed by atoms with Crippen molar-refractivity contribution in [3.8, 4) is 0 Å². The third-order valence-corrected chi connectivity index (χ3v) is 3.11. The maximum absolute atomic E-state index is 4.39. The van der Waals surface area contributed by atoms with E-state index in [2.05, 4.69) is 29.9 Å². The number of thioether (sulfide) groups is 1. The molecule has 0 fully saturated rings. The summed E-state index contributed by atoms with van der Waals surface area (Å²) in [5.41, 5.74) is 2.36. The van der Waals surface area contributed by atoms with E-state index >= 15 is 0 Å². The average Bonchev–Trinajstić information content (AvgIpc) is 2.27. The molecule has 0 bridgehead atoms. The van der Waals surface area contributed by atoms with Crippen molar-refractivity contribution in [1.29, 1.82) is 0 Å². The molecule has 0 saturated carbocycles. The summed E-state index contributed by atoms with van der Waals surface area (Å²) < 4.78 is 0. The van der Waals surface area contributed by atoms with Crippen LogP contribution in [0.15, 0.2) is 29.6 Å². The highest BCUT2D eigenvalue weighted by Gasteiger charge is 2.06. The predicted octanol–water partition coefficient (Wildman–Crippen LogP) is 3.48. The summed E-state index contributed by atoms with van der Waals surface area (Å²) in [6, 6.07) is 4.12. The van der Waals surface area contributed by atoms with E-state index in [1.807, 2.05) is 24.7 Å². The molecule has 0 aliphatic rings. The molecule has 3 heteroatoms. The first-order chi connectivity index (χ1) is 7.22. The van der Waals surface area contributed by atoms with Crippen LogP contribution in [-0.2, 0) is 0 Å². The van der Waals surface area contributed by atoms with Gasteiger partial charge in [-0.15, -0.1) is 11.8 Å². The zero-order valence-corrected chi connectivity index (χ0v) is 10.0. The Hall–Kier alpha value is -1.09. The molecule has 2 heterocycles. The lowest BCUT2D eigenvalue weighted by molar-refractivity contribution is 0.873. The molecule has 0 aliphatic heterocycles. The molecule has 2 aromatic rings. The van der Waals surface area contributed by atoms with Gasteiger partial charge in [-0.3, -0.25) is 4.98 Å². The van der Waals surface area contributed by atoms with E-state index in [0.29, 0.717) is 5.92 Å². The molecule has 0 radical (unpaired) electrons. The van der Waals surface area contributed by atoms with Gasteiger partial charge < -0.3 is 0 Å². The van der Waals surface area contributed by atoms with Gasteiger partial charge >= 0.3 is 0 Å². The second kappa shape index (κ2) is 4.19. The topological polar surface area (TPSA) is 25.8 Å². The zero-order chi connectivity index (χ0) is 10.8. The summed E-state index contributed by atoms with van der Waals surface area (Å²) in [6.45, 7) is 4.38. The molecule has 78 valence electrons. The minimum absolute atomic E-state index is 0.512. The smallest absolute Gasteiger partial charge is 0.0979 e. The fourth-order valence-electron chi connectivity index (χ4n) is 1.66. The highest BCUT2D eigenvalue weighted by Crippen LogP contribution is 2.25. The lowest BCUT2D eigenvalue weighted by Gasteiger charge is -2.09. The monoisotopic (exact) mass is 218 g/mol. The van der Waals surface area contributed by atoms with Gasteiger partial charge in [-0.25, -0.2) is 4.98 Å². The first kappa shape index (κ1) is 10.4. The third kappa shape index (κ3) is 1.97. The molecule has 0 aliphatic carbocycles. The quantitative estimate of drug-likeness (QED) is 0.722. The van der Waals surface area contributed by atoms with Gasteiger partial charge in [-0.1, -0.05) is 13.8 Å². The molecular formula is C12H14N2S. The van der Waals surface area contributed by atoms with Gasteiger partial charge in [0, 0.05) is 17.8 Å². The van der Waals surface area contributed by atoms with Crippen LogP contribution < -0.4 is 0 Å². The van der Waals surface area contributed by atoms with E-state index in [1.165, 1.54) is 10.9 Å². The number of aromatic nitrogens is 2. The largest absolute Gasteiger partial charge is 0.256 e. The number of rotatable bonds is 2. The van der Waals surface area contributed by atoms with Gasteiger partial charge in [0.1, 0.15) is 0 Å². The van der Waals surface area contributed by atoms with Crippen molar-refractivity contribution in [2.24, 2.45) is 0 Å². The summed E-state index contributed by atoms with van der Waals surface area (Å²) in [6.07, 6.45) is 5.84. The Labute approximate surface area is 94.1 Å². The maximum Gasteiger partial charge on any atom is 0.0979 e. The number of fused-ring (bicyclic) bond motifs is 1. The Morgan fingerprint density at radius 2 is 2.07 bits per heavy atom. The van der Waals surface area contributed by atoms with Gasteiger partial charge in [0.05, 0.1) is 10.5 Å². The highest BCUT2D eigenvalue weighted by atomic mass is 32.2. The van der Waals surface area contributed by atoms with Crippen LogP contribution in [0.4, 0.5) is 0 Å². The molecule has 0 atom stereocenters. The highest BCUT2D eigenvalue weighted by molar-refractivity contribution is 7.98. The van der Waals surface area contributed by atoms with Crippen LogP contribution in [0.25, 0.3) is 10.9 Å². The lowest BCUT2D eigenvalue weighted by Crippen LogP contribution is -1.92. The Morgan fingerprint density at radius 1 is 1.27 bits per heavy atom. The average molecular weight is 218 g/mol. The van der Waals surface area contributed by atoms with E-state index in [9.17, 15) is 0 Å². The van der Waals surface area contributed by atoms with E-state index in [0.717, 1.165) is 10.5 Å². The summed E-state index contributed by atoms with van der Waals surface area (Å²) in [4.78, 5) is 8.77. The van der Waals surface area contributed by atoms with Crippen LogP contribution in [0.3, 0.4) is 0 Å². The minimum atomic E-state index is 0.512. The third-order valence-electron chi connectivity index (χ3n) is 2.47. The Bertz CT molecular complexity index is 480. The Morgan fingerprint density at radius 3 is 2.73 bits per heavy atom. The fourth-order valence-corrected chi connectivity index (χ4v) is 2.05. The van der Waals surface area contributed by atoms with Crippen LogP contribution >= 0.6 is 11.8 Å². The summed E-state index contributed by atoms with van der Waals surface area (Å²) in [5, 5.41) is 2.20. The van der Waals surface area contributed by atoms with Crippen LogP contribution in [0.1, 0.15) is 25.3 Å². The summed E-state index contributed by atoms with van der Waals surface area (Å²) in [5.74, 6) is 0.512. The molecule has 0 aromatic carbocycles. The van der Waals surface area contributed by atoms with Crippen LogP contribution in [-0.4, -0.2) is 16.2 Å². The molecule has 2 aromatic heterocycles. The Balaban J connectivity index is 2.67. The van der Waals surface area contributed by atoms with Crippen molar-refractivity contribution in [1.82, 2.24) is 9.97 Å². The van der Waals surface area contributed by atoms with Crippen molar-refractivity contribution in [2.45, 2.75) is 24.8 Å². The molecule has 0 saturated heterocycles. The van der Waals surface area contributed by atoms with Crippen molar-refractivity contribution in [3.63, 3.8) is 0 Å². The van der Waals surface area contributed by atoms with E-state index < -0.39 is 0 Å². The van der Waals surface area contributed by atoms with Crippen LogP contribution in [0, 0.1) is 0 Å². The number of pyridine rings is 2. The van der Waals surface area contributed by atoms with Crippen molar-refractivity contribution in [2.75, 3.05) is 6.26 Å². The zero-order valence-electron chi connectivity index (χ0n) is 9.19. The SMILES string of the molecule is CSc1cc2nccc(C(C)C)c2cn1. The van der Waals surface area contributed by atoms with Crippen molar-refractivity contribution >= 4 is 22.7 Å². The second-order valence-corrected chi connectivity index (χ2v) is 4.63. The number of hydrogen-bond acceptors (Lipinski definition) is 3. The van der Waals surface area contributed by atoms with E-state index in [1.54, 1.807) is 11.8 Å². The molecule has 0 spiro atoms. The molecule has 0 unspecified atom stereocenters. The van der Waals surface area contributed by atoms with Gasteiger partial charge in [-0.2, -0.15) is 0 Å². The fraction of sp³-hybridized carbons (Fsp3) is 0.333. The van der Waals surface area contributed by atoms with Crippen molar-refractivity contribution < 1.29 is 0 Å². The summed E-state index contributed by atoms with van der Waals surface area (Å²) >= 11 is 1.65. The molecule has 0 N–H and O–H groups in total. The number of hydrogen-bond donors (Lipinski definition) is 0. The van der Waals surface area contributed by atoms with Gasteiger partial charge in [0.25, 0.3) is 0 Å². The van der Waals surface area contributed by atoms with Gasteiger partial charge in [-0.05, 0) is 29.9 Å². The summed E-state index contributed by atoms with van der Waals surface area (Å²) in [7, 11) is 0. The first-order valence-corrected chi connectivity index (χ1v) is 6.23. The number of nitrogens with zero attached hydrogens (tertiary/aromatic N) is 2. The molecular weight excluding hydrogens is 204 g/mol. The lowest BCUT2D eigenvalue weighted by atomic mass is 10.0. The molecule has 2 nitrogen and oxygen atoms in total. The normalized spacial score (nSPS) is 11.2. The van der Waals surface area contributed by atoms with Crippen molar-refractivity contribution in [3.05, 3.63) is 30.1 Å². The first-order valence-electron chi connectivity index (χ1n) is 5.01. The van der Waals surface area contributed by atoms with Crippen LogP contribution in [0.2, 0.25) is 0 Å². The maximum atomic E-state index is 4.39. The minimum Gasteiger partial charge on any atom is -0.256 e. The van der Waals surface area contributed by atoms with Gasteiger partial charge in [0.15, 0.2) is 0 Å². The Kier molecular flexibility index (Phi) is 2.91.